The van der Waals surface area contributed by atoms with E-state index in [1.807, 2.05) is 6.92 Å². The van der Waals surface area contributed by atoms with E-state index < -0.39 is 15.9 Å². The molecule has 0 bridgehead atoms. The van der Waals surface area contributed by atoms with Gasteiger partial charge in [0.1, 0.15) is 4.21 Å². The third-order valence-corrected chi connectivity index (χ3v) is 7.66. The Morgan fingerprint density at radius 3 is 2.72 bits per heavy atom. The number of carbonyl (C=O) groups excluding carboxylic acids is 1. The highest BCUT2D eigenvalue weighted by Crippen LogP contribution is 2.18. The van der Waals surface area contributed by atoms with E-state index in [4.69, 9.17) is 4.74 Å². The number of sulfone groups is 1. The number of ether oxygens (including phenoxy) is 1. The summed E-state index contributed by atoms with van der Waals surface area (Å²) in [5, 5.41) is 18.3. The van der Waals surface area contributed by atoms with E-state index in [0.29, 0.717) is 32.2 Å². The molecule has 1 saturated heterocycles. The molecule has 1 aliphatic heterocycles. The maximum atomic E-state index is 12.3. The second-order valence-electron chi connectivity index (χ2n) is 6.69. The van der Waals surface area contributed by atoms with Crippen LogP contribution in [0.3, 0.4) is 0 Å². The Morgan fingerprint density at radius 2 is 2.14 bits per heavy atom. The van der Waals surface area contributed by atoms with Crippen LogP contribution in [0.1, 0.15) is 26.7 Å². The Hall–Kier alpha value is -1.85. The quantitative estimate of drug-likeness (QED) is 0.403. The lowest BCUT2D eigenvalue weighted by molar-refractivity contribution is 0.0963. The third kappa shape index (κ3) is 7.48. The van der Waals surface area contributed by atoms with Crippen LogP contribution in [0.15, 0.2) is 26.7 Å². The minimum absolute atomic E-state index is 0.0262. The Labute approximate surface area is 176 Å². The van der Waals surface area contributed by atoms with Gasteiger partial charge in [0.15, 0.2) is 15.8 Å². The number of aliphatic hydroxyl groups is 1. The molecule has 2 rings (SSSR count). The van der Waals surface area contributed by atoms with Crippen molar-refractivity contribution < 1.29 is 23.1 Å². The molecule has 0 radical (unpaired) electrons. The topological polar surface area (TPSA) is 120 Å². The van der Waals surface area contributed by atoms with Gasteiger partial charge in [-0.3, -0.25) is 4.99 Å². The summed E-state index contributed by atoms with van der Waals surface area (Å²) in [4.78, 5) is 17.8. The maximum absolute atomic E-state index is 12.3. The van der Waals surface area contributed by atoms with E-state index in [1.54, 1.807) is 23.3 Å². The molecule has 1 aromatic heterocycles. The number of guanidine groups is 1. The molecule has 1 atom stereocenters. The Kier molecular flexibility index (Phi) is 9.18. The van der Waals surface area contributed by atoms with E-state index in [1.165, 1.54) is 6.07 Å². The highest BCUT2D eigenvalue weighted by atomic mass is 32.2. The molecular formula is C18H30N4O5S2. The predicted octanol–water partition coefficient (Wildman–Crippen LogP) is 1.06. The summed E-state index contributed by atoms with van der Waals surface area (Å²) in [5.74, 6) is 0.156. The molecule has 0 aliphatic carbocycles. The zero-order valence-corrected chi connectivity index (χ0v) is 18.5. The van der Waals surface area contributed by atoms with Gasteiger partial charge in [-0.15, -0.1) is 11.3 Å². The molecule has 1 unspecified atom stereocenters. The van der Waals surface area contributed by atoms with Gasteiger partial charge in [-0.05, 0) is 38.1 Å². The van der Waals surface area contributed by atoms with Gasteiger partial charge in [-0.1, -0.05) is 6.07 Å². The van der Waals surface area contributed by atoms with Crippen molar-refractivity contribution in [3.8, 4) is 0 Å². The Bertz CT molecular complexity index is 759. The standard InChI is InChI=1S/C18H30N4O5S2/c1-3-19-17(21-14-7-9-22(10-8-14)18(24)27-4-2)20-12-15(23)13-29(25,26)16-6-5-11-28-16/h5-6,11,14-15,23H,3-4,7-10,12-13H2,1-2H3,(H2,19,20,21). The van der Waals surface area contributed by atoms with Gasteiger partial charge in [0.05, 0.1) is 25.0 Å². The summed E-state index contributed by atoms with van der Waals surface area (Å²) in [7, 11) is -3.51. The Morgan fingerprint density at radius 1 is 1.41 bits per heavy atom. The zero-order chi connectivity index (χ0) is 21.3. The first-order valence-corrected chi connectivity index (χ1v) is 12.3. The van der Waals surface area contributed by atoms with Gasteiger partial charge in [0.2, 0.25) is 0 Å². The SMILES string of the molecule is CCNC(=NCC(O)CS(=O)(=O)c1cccs1)NC1CCN(C(=O)OCC)CC1. The van der Waals surface area contributed by atoms with Gasteiger partial charge in [-0.2, -0.15) is 0 Å². The summed E-state index contributed by atoms with van der Waals surface area (Å²) in [6, 6.07) is 3.33. The second-order valence-corrected chi connectivity index (χ2v) is 9.90. The van der Waals surface area contributed by atoms with Crippen molar-refractivity contribution in [3.63, 3.8) is 0 Å². The predicted molar refractivity (Wildman–Crippen MR) is 113 cm³/mol. The number of rotatable bonds is 8. The molecule has 1 amide bonds. The number of thiophene rings is 1. The van der Waals surface area contributed by atoms with Crippen LogP contribution in [0.2, 0.25) is 0 Å². The van der Waals surface area contributed by atoms with Crippen molar-refractivity contribution in [2.24, 2.45) is 4.99 Å². The Balaban J connectivity index is 1.86. The average Bonchev–Trinajstić information content (AvgIpc) is 3.23. The fraction of sp³-hybridized carbons (Fsp3) is 0.667. The van der Waals surface area contributed by atoms with Crippen molar-refractivity contribution in [2.75, 3.05) is 38.5 Å². The third-order valence-electron chi connectivity index (χ3n) is 4.38. The molecule has 29 heavy (non-hydrogen) atoms. The highest BCUT2D eigenvalue weighted by Gasteiger charge is 2.24. The first-order valence-electron chi connectivity index (χ1n) is 9.76. The van der Waals surface area contributed by atoms with Crippen LogP contribution in [-0.4, -0.2) is 81.2 Å². The average molecular weight is 447 g/mol. The number of hydrogen-bond acceptors (Lipinski definition) is 7. The number of aliphatic imine (C=N–C) groups is 1. The largest absolute Gasteiger partial charge is 0.450 e. The molecule has 0 saturated carbocycles. The monoisotopic (exact) mass is 446 g/mol. The number of piperidine rings is 1. The van der Waals surface area contributed by atoms with Crippen LogP contribution < -0.4 is 10.6 Å². The number of carbonyl (C=O) groups is 1. The van der Waals surface area contributed by atoms with Crippen LogP contribution in [0, 0.1) is 0 Å². The van der Waals surface area contributed by atoms with Crippen LogP contribution in [0.25, 0.3) is 0 Å². The minimum Gasteiger partial charge on any atom is -0.450 e. The molecule has 164 valence electrons. The smallest absolute Gasteiger partial charge is 0.409 e. The van der Waals surface area contributed by atoms with Crippen LogP contribution in [0.5, 0.6) is 0 Å². The van der Waals surface area contributed by atoms with E-state index in [9.17, 15) is 18.3 Å². The first-order chi connectivity index (χ1) is 13.9. The lowest BCUT2D eigenvalue weighted by Gasteiger charge is -2.32. The van der Waals surface area contributed by atoms with Crippen molar-refractivity contribution in [1.29, 1.82) is 0 Å². The van der Waals surface area contributed by atoms with Gasteiger partial charge in [0.25, 0.3) is 0 Å². The lowest BCUT2D eigenvalue weighted by Crippen LogP contribution is -2.50. The number of nitrogens with one attached hydrogen (secondary N) is 2. The van der Waals surface area contributed by atoms with Gasteiger partial charge < -0.3 is 25.4 Å². The number of amides is 1. The fourth-order valence-corrected chi connectivity index (χ4v) is 5.43. The lowest BCUT2D eigenvalue weighted by atomic mass is 10.1. The van der Waals surface area contributed by atoms with Gasteiger partial charge >= 0.3 is 6.09 Å². The van der Waals surface area contributed by atoms with Crippen molar-refractivity contribution >= 4 is 33.2 Å². The van der Waals surface area contributed by atoms with E-state index >= 15 is 0 Å². The molecule has 2 heterocycles. The molecule has 11 heteroatoms. The number of hydrogen-bond donors (Lipinski definition) is 3. The molecule has 1 fully saturated rings. The molecule has 0 aromatic carbocycles. The molecule has 3 N–H and O–H groups in total. The fourth-order valence-electron chi connectivity index (χ4n) is 2.96. The number of aliphatic hydroxyl groups excluding tert-OH is 1. The second kappa shape index (κ2) is 11.4. The normalized spacial score (nSPS) is 17.1. The van der Waals surface area contributed by atoms with E-state index in [-0.39, 0.29) is 28.6 Å². The van der Waals surface area contributed by atoms with Crippen LogP contribution in [0.4, 0.5) is 4.79 Å². The summed E-state index contributed by atoms with van der Waals surface area (Å²) < 4.78 is 29.8. The van der Waals surface area contributed by atoms with Gasteiger partial charge in [0, 0.05) is 25.7 Å². The molecule has 1 aromatic rings. The van der Waals surface area contributed by atoms with Crippen molar-refractivity contribution in [3.05, 3.63) is 17.5 Å². The highest BCUT2D eigenvalue weighted by molar-refractivity contribution is 7.93. The van der Waals surface area contributed by atoms with Crippen molar-refractivity contribution in [2.45, 2.75) is 43.0 Å². The first kappa shape index (κ1) is 23.4. The van der Waals surface area contributed by atoms with Crippen molar-refractivity contribution in [1.82, 2.24) is 15.5 Å². The summed E-state index contributed by atoms with van der Waals surface area (Å²) >= 11 is 1.14. The number of likely N-dealkylation sites (tertiary alicyclic amines) is 1. The van der Waals surface area contributed by atoms with Crippen LogP contribution >= 0.6 is 11.3 Å². The van der Waals surface area contributed by atoms with Gasteiger partial charge in [-0.25, -0.2) is 13.2 Å². The molecule has 1 aliphatic rings. The maximum Gasteiger partial charge on any atom is 0.409 e. The molecular weight excluding hydrogens is 416 g/mol. The van der Waals surface area contributed by atoms with E-state index in [0.717, 1.165) is 24.2 Å². The minimum atomic E-state index is -3.51. The summed E-state index contributed by atoms with van der Waals surface area (Å²) in [6.07, 6.45) is 0.113. The van der Waals surface area contributed by atoms with Crippen LogP contribution in [-0.2, 0) is 14.6 Å². The van der Waals surface area contributed by atoms with E-state index in [2.05, 4.69) is 15.6 Å². The molecule has 9 nitrogen and oxygen atoms in total. The summed E-state index contributed by atoms with van der Waals surface area (Å²) in [5.41, 5.74) is 0. The summed E-state index contributed by atoms with van der Waals surface area (Å²) in [6.45, 7) is 5.87. The number of nitrogens with zero attached hydrogens (tertiary/aromatic N) is 2. The zero-order valence-electron chi connectivity index (χ0n) is 16.8. The molecule has 0 spiro atoms.